The molecule has 3 rings (SSSR count). The average Bonchev–Trinajstić information content (AvgIpc) is 2.75. The van der Waals surface area contributed by atoms with Crippen LogP contribution in [0.25, 0.3) is 0 Å². The topological polar surface area (TPSA) is 80.3 Å². The molecule has 1 aromatic heterocycles. The minimum absolute atomic E-state index is 0.0900. The van der Waals surface area contributed by atoms with Crippen LogP contribution in [-0.4, -0.2) is 30.5 Å². The molecule has 3 aromatic rings. The number of carbonyl (C=O) groups is 2. The molecule has 0 aliphatic rings. The quantitative estimate of drug-likeness (QED) is 0.597. The zero-order valence-corrected chi connectivity index (χ0v) is 17.9. The summed E-state index contributed by atoms with van der Waals surface area (Å²) in [6.07, 6.45) is 1.67. The molecule has 0 aliphatic carbocycles. The summed E-state index contributed by atoms with van der Waals surface area (Å²) in [7, 11) is 1.55. The number of aromatic nitrogens is 1. The summed E-state index contributed by atoms with van der Waals surface area (Å²) in [6, 6.07) is 16.6. The number of likely N-dealkylation sites (N-methyl/N-ethyl adjacent to an activating group) is 1. The zero-order chi connectivity index (χ0) is 21.5. The first-order valence-electron chi connectivity index (χ1n) is 9.41. The maximum Gasteiger partial charge on any atom is 0.258 e. The third kappa shape index (κ3) is 5.61. The van der Waals surface area contributed by atoms with E-state index in [0.717, 1.165) is 4.90 Å². The van der Waals surface area contributed by atoms with Gasteiger partial charge in [-0.1, -0.05) is 23.9 Å². The van der Waals surface area contributed by atoms with Crippen molar-refractivity contribution >= 4 is 29.3 Å². The smallest absolute Gasteiger partial charge is 0.258 e. The minimum Gasteiger partial charge on any atom is -0.484 e. The van der Waals surface area contributed by atoms with E-state index in [4.69, 9.17) is 4.74 Å². The van der Waals surface area contributed by atoms with Gasteiger partial charge in [0.1, 0.15) is 10.8 Å². The Labute approximate surface area is 180 Å². The van der Waals surface area contributed by atoms with Gasteiger partial charge in [-0.3, -0.25) is 9.59 Å². The van der Waals surface area contributed by atoms with Crippen LogP contribution in [0.4, 0.5) is 5.69 Å². The fourth-order valence-electron chi connectivity index (χ4n) is 2.62. The Morgan fingerprint density at radius 1 is 1.03 bits per heavy atom. The van der Waals surface area contributed by atoms with Crippen molar-refractivity contribution in [3.8, 4) is 5.75 Å². The van der Waals surface area contributed by atoms with Crippen molar-refractivity contribution in [3.63, 3.8) is 0 Å². The van der Waals surface area contributed by atoms with Gasteiger partial charge in [-0.2, -0.15) is 0 Å². The van der Waals surface area contributed by atoms with E-state index < -0.39 is 0 Å². The molecule has 0 saturated heterocycles. The van der Waals surface area contributed by atoms with E-state index in [1.54, 1.807) is 49.6 Å². The highest BCUT2D eigenvalue weighted by molar-refractivity contribution is 7.99. The van der Waals surface area contributed by atoms with Crippen LogP contribution in [0.3, 0.4) is 0 Å². The number of nitrogens with zero attached hydrogens (tertiary/aromatic N) is 1. The molecule has 154 valence electrons. The van der Waals surface area contributed by atoms with Gasteiger partial charge in [0.15, 0.2) is 6.61 Å². The molecule has 2 aromatic carbocycles. The Balaban J connectivity index is 1.74. The van der Waals surface area contributed by atoms with Crippen molar-refractivity contribution in [1.82, 2.24) is 10.3 Å². The Kier molecular flexibility index (Phi) is 7.08. The zero-order valence-electron chi connectivity index (χ0n) is 17.1. The highest BCUT2D eigenvalue weighted by atomic mass is 32.2. The van der Waals surface area contributed by atoms with Gasteiger partial charge in [-0.05, 0) is 61.4 Å². The van der Waals surface area contributed by atoms with Crippen LogP contribution in [0.15, 0.2) is 70.7 Å². The Morgan fingerprint density at radius 3 is 2.63 bits per heavy atom. The molecule has 0 atom stereocenters. The average molecular weight is 422 g/mol. The molecule has 0 fully saturated rings. The predicted molar refractivity (Wildman–Crippen MR) is 118 cm³/mol. The number of aryl methyl sites for hydroxylation is 2. The van der Waals surface area contributed by atoms with Gasteiger partial charge in [0, 0.05) is 29.9 Å². The fraction of sp³-hybridized carbons (Fsp3) is 0.174. The lowest BCUT2D eigenvalue weighted by Gasteiger charge is -2.11. The number of benzene rings is 2. The SMILES string of the molecule is CNC(=O)COc1cccc(NC(=O)c2cccnc2Sc2ccc(C)c(C)c2)c1. The number of pyridine rings is 1. The lowest BCUT2D eigenvalue weighted by atomic mass is 10.1. The first kappa shape index (κ1) is 21.4. The van der Waals surface area contributed by atoms with Crippen molar-refractivity contribution < 1.29 is 14.3 Å². The normalized spacial score (nSPS) is 10.4. The van der Waals surface area contributed by atoms with Gasteiger partial charge in [0.2, 0.25) is 0 Å². The standard InChI is InChI=1S/C23H23N3O3S/c1-15-9-10-19(12-16(15)2)30-23-20(8-5-11-25-23)22(28)26-17-6-4-7-18(13-17)29-14-21(27)24-3/h4-13H,14H2,1-3H3,(H,24,27)(H,26,28). The second-order valence-electron chi connectivity index (χ2n) is 6.65. The molecule has 0 aliphatic heterocycles. The predicted octanol–water partition coefficient (Wildman–Crippen LogP) is 4.23. The third-order valence-corrected chi connectivity index (χ3v) is 5.46. The molecule has 30 heavy (non-hydrogen) atoms. The number of anilines is 1. The van der Waals surface area contributed by atoms with Crippen molar-refractivity contribution in [2.45, 2.75) is 23.8 Å². The molecule has 0 saturated carbocycles. The second kappa shape index (κ2) is 9.93. The number of rotatable bonds is 7. The second-order valence-corrected chi connectivity index (χ2v) is 7.71. The van der Waals surface area contributed by atoms with Gasteiger partial charge in [0.05, 0.1) is 5.56 Å². The lowest BCUT2D eigenvalue weighted by Crippen LogP contribution is -2.24. The first-order chi connectivity index (χ1) is 14.5. The summed E-state index contributed by atoms with van der Waals surface area (Å²) in [5.74, 6) is -0.00184. The molecule has 1 heterocycles. The number of hydrogen-bond acceptors (Lipinski definition) is 5. The van der Waals surface area contributed by atoms with E-state index in [1.807, 2.05) is 6.07 Å². The minimum atomic E-state index is -0.266. The van der Waals surface area contributed by atoms with Gasteiger partial charge in [0.25, 0.3) is 11.8 Å². The molecule has 0 bridgehead atoms. The van der Waals surface area contributed by atoms with Gasteiger partial charge in [-0.15, -0.1) is 0 Å². The monoisotopic (exact) mass is 421 g/mol. The van der Waals surface area contributed by atoms with Crippen LogP contribution < -0.4 is 15.4 Å². The van der Waals surface area contributed by atoms with Gasteiger partial charge in [-0.25, -0.2) is 4.98 Å². The number of carbonyl (C=O) groups excluding carboxylic acids is 2. The van der Waals surface area contributed by atoms with E-state index >= 15 is 0 Å². The highest BCUT2D eigenvalue weighted by Gasteiger charge is 2.14. The van der Waals surface area contributed by atoms with Crippen LogP contribution in [0, 0.1) is 13.8 Å². The van der Waals surface area contributed by atoms with E-state index in [0.29, 0.717) is 22.0 Å². The molecule has 0 spiro atoms. The summed E-state index contributed by atoms with van der Waals surface area (Å²) in [5.41, 5.74) is 3.46. The van der Waals surface area contributed by atoms with Gasteiger partial charge < -0.3 is 15.4 Å². The molecule has 2 N–H and O–H groups in total. The van der Waals surface area contributed by atoms with Crippen molar-refractivity contribution in [2.75, 3.05) is 19.0 Å². The van der Waals surface area contributed by atoms with Crippen LogP contribution in [0.1, 0.15) is 21.5 Å². The number of hydrogen-bond donors (Lipinski definition) is 2. The number of ether oxygens (including phenoxy) is 1. The molecule has 7 heteroatoms. The highest BCUT2D eigenvalue weighted by Crippen LogP contribution is 2.30. The molecule has 6 nitrogen and oxygen atoms in total. The summed E-state index contributed by atoms with van der Waals surface area (Å²) in [5, 5.41) is 6.00. The maximum absolute atomic E-state index is 12.9. The summed E-state index contributed by atoms with van der Waals surface area (Å²) >= 11 is 1.45. The van der Waals surface area contributed by atoms with Crippen molar-refractivity contribution in [2.24, 2.45) is 0 Å². The summed E-state index contributed by atoms with van der Waals surface area (Å²) in [4.78, 5) is 29.7. The number of amides is 2. The van der Waals surface area contributed by atoms with Crippen LogP contribution in [0.2, 0.25) is 0 Å². The van der Waals surface area contributed by atoms with Crippen molar-refractivity contribution in [1.29, 1.82) is 0 Å². The Hall–Kier alpha value is -3.32. The van der Waals surface area contributed by atoms with Crippen LogP contribution in [0.5, 0.6) is 5.75 Å². The molecule has 0 radical (unpaired) electrons. The van der Waals surface area contributed by atoms with Crippen LogP contribution in [-0.2, 0) is 4.79 Å². The Morgan fingerprint density at radius 2 is 1.87 bits per heavy atom. The summed E-state index contributed by atoms with van der Waals surface area (Å²) in [6.45, 7) is 4.04. The van der Waals surface area contributed by atoms with E-state index in [9.17, 15) is 9.59 Å². The first-order valence-corrected chi connectivity index (χ1v) is 10.2. The fourth-order valence-corrected chi connectivity index (χ4v) is 3.60. The molecule has 2 amide bonds. The summed E-state index contributed by atoms with van der Waals surface area (Å²) < 4.78 is 5.43. The largest absolute Gasteiger partial charge is 0.484 e. The molecular weight excluding hydrogens is 398 g/mol. The number of nitrogens with one attached hydrogen (secondary N) is 2. The van der Waals surface area contributed by atoms with E-state index in [2.05, 4.69) is 41.6 Å². The van der Waals surface area contributed by atoms with Crippen LogP contribution >= 0.6 is 11.8 Å². The van der Waals surface area contributed by atoms with E-state index in [-0.39, 0.29) is 18.4 Å². The maximum atomic E-state index is 12.9. The van der Waals surface area contributed by atoms with Crippen molar-refractivity contribution in [3.05, 3.63) is 77.5 Å². The third-order valence-electron chi connectivity index (χ3n) is 4.45. The lowest BCUT2D eigenvalue weighted by molar-refractivity contribution is -0.122. The molecule has 0 unspecified atom stereocenters. The van der Waals surface area contributed by atoms with Gasteiger partial charge >= 0.3 is 0 Å². The van der Waals surface area contributed by atoms with E-state index in [1.165, 1.54) is 22.9 Å². The Bertz CT molecular complexity index is 1070. The molecular formula is C23H23N3O3S.